The van der Waals surface area contributed by atoms with Gasteiger partial charge in [0, 0.05) is 5.69 Å². The molecule has 1 atom stereocenters. The maximum absolute atomic E-state index is 12.1. The zero-order valence-corrected chi connectivity index (χ0v) is 13.8. The summed E-state index contributed by atoms with van der Waals surface area (Å²) in [5, 5.41) is 2.75. The minimum atomic E-state index is -0.513. The molecule has 1 amide bonds. The van der Waals surface area contributed by atoms with E-state index >= 15 is 0 Å². The average Bonchev–Trinajstić information content (AvgIpc) is 2.68. The summed E-state index contributed by atoms with van der Waals surface area (Å²) in [6, 6.07) is 27.2. The highest BCUT2D eigenvalue weighted by atomic mass is 16.6. The zero-order valence-electron chi connectivity index (χ0n) is 13.8. The molecule has 0 unspecified atom stereocenters. The topological polar surface area (TPSA) is 38.3 Å². The van der Waals surface area contributed by atoms with Gasteiger partial charge in [-0.25, -0.2) is 4.79 Å². The van der Waals surface area contributed by atoms with E-state index in [0.717, 1.165) is 16.7 Å². The predicted molar refractivity (Wildman–Crippen MR) is 101 cm³/mol. The smallest absolute Gasteiger partial charge is 0.412 e. The molecular formula is C22H19NO2. The molecule has 3 rings (SSSR count). The van der Waals surface area contributed by atoms with Crippen LogP contribution in [0.1, 0.15) is 11.7 Å². The monoisotopic (exact) mass is 329 g/mol. The van der Waals surface area contributed by atoms with Crippen molar-refractivity contribution in [3.05, 3.63) is 103 Å². The van der Waals surface area contributed by atoms with E-state index in [1.54, 1.807) is 6.08 Å². The summed E-state index contributed by atoms with van der Waals surface area (Å²) in [5.74, 6) is 0. The zero-order chi connectivity index (χ0) is 17.5. The fourth-order valence-corrected chi connectivity index (χ4v) is 2.53. The van der Waals surface area contributed by atoms with Crippen LogP contribution in [0, 0.1) is 0 Å². The number of benzene rings is 3. The third kappa shape index (κ3) is 4.36. The Morgan fingerprint density at radius 1 is 0.840 bits per heavy atom. The summed E-state index contributed by atoms with van der Waals surface area (Å²) in [5.41, 5.74) is 3.79. The molecule has 124 valence electrons. The van der Waals surface area contributed by atoms with Crippen LogP contribution in [0.5, 0.6) is 0 Å². The van der Waals surface area contributed by atoms with Crippen molar-refractivity contribution in [3.63, 3.8) is 0 Å². The number of hydrogen-bond acceptors (Lipinski definition) is 2. The molecule has 3 nitrogen and oxygen atoms in total. The van der Waals surface area contributed by atoms with E-state index < -0.39 is 12.2 Å². The van der Waals surface area contributed by atoms with Crippen molar-refractivity contribution < 1.29 is 9.53 Å². The van der Waals surface area contributed by atoms with Gasteiger partial charge >= 0.3 is 6.09 Å². The molecule has 0 radical (unpaired) electrons. The van der Waals surface area contributed by atoms with Gasteiger partial charge in [-0.1, -0.05) is 79.4 Å². The molecule has 3 aromatic rings. The molecule has 0 aliphatic carbocycles. The average molecular weight is 329 g/mol. The Bertz CT molecular complexity index is 827. The number of carbonyl (C=O) groups excluding carboxylic acids is 1. The van der Waals surface area contributed by atoms with Gasteiger partial charge in [0.05, 0.1) is 0 Å². The third-order valence-electron chi connectivity index (χ3n) is 3.81. The normalized spacial score (nSPS) is 11.4. The van der Waals surface area contributed by atoms with Gasteiger partial charge in [-0.2, -0.15) is 0 Å². The molecular weight excluding hydrogens is 310 g/mol. The van der Waals surface area contributed by atoms with Gasteiger partial charge in [0.2, 0.25) is 0 Å². The Morgan fingerprint density at radius 2 is 1.40 bits per heavy atom. The van der Waals surface area contributed by atoms with Crippen molar-refractivity contribution in [3.8, 4) is 11.1 Å². The van der Waals surface area contributed by atoms with E-state index in [1.165, 1.54) is 0 Å². The van der Waals surface area contributed by atoms with Crippen LogP contribution in [-0.4, -0.2) is 6.09 Å². The molecule has 3 heteroatoms. The Kier molecular flexibility index (Phi) is 5.27. The molecule has 0 fully saturated rings. The second-order valence-electron chi connectivity index (χ2n) is 5.54. The first kappa shape index (κ1) is 16.5. The van der Waals surface area contributed by atoms with Crippen molar-refractivity contribution in [2.24, 2.45) is 0 Å². The van der Waals surface area contributed by atoms with Crippen LogP contribution >= 0.6 is 0 Å². The van der Waals surface area contributed by atoms with Gasteiger partial charge in [0.15, 0.2) is 0 Å². The van der Waals surface area contributed by atoms with E-state index in [-0.39, 0.29) is 0 Å². The number of carbonyl (C=O) groups is 1. The first-order valence-corrected chi connectivity index (χ1v) is 8.07. The summed E-state index contributed by atoms with van der Waals surface area (Å²) >= 11 is 0. The van der Waals surface area contributed by atoms with Gasteiger partial charge in [-0.05, 0) is 34.9 Å². The van der Waals surface area contributed by atoms with Crippen LogP contribution in [0.2, 0.25) is 0 Å². The molecule has 0 aliphatic rings. The van der Waals surface area contributed by atoms with Crippen LogP contribution < -0.4 is 5.32 Å². The Labute approximate surface area is 147 Å². The van der Waals surface area contributed by atoms with Crippen molar-refractivity contribution in [1.82, 2.24) is 0 Å². The minimum Gasteiger partial charge on any atom is -0.437 e. The van der Waals surface area contributed by atoms with Gasteiger partial charge in [-0.15, -0.1) is 0 Å². The second kappa shape index (κ2) is 7.97. The summed E-state index contributed by atoms with van der Waals surface area (Å²) < 4.78 is 5.44. The van der Waals surface area contributed by atoms with E-state index in [1.807, 2.05) is 84.9 Å². The number of rotatable bonds is 5. The fourth-order valence-electron chi connectivity index (χ4n) is 2.53. The number of anilines is 1. The highest BCUT2D eigenvalue weighted by Crippen LogP contribution is 2.22. The van der Waals surface area contributed by atoms with Crippen molar-refractivity contribution in [2.75, 3.05) is 5.32 Å². The summed E-state index contributed by atoms with van der Waals surface area (Å²) in [7, 11) is 0. The number of amides is 1. The molecule has 3 aromatic carbocycles. The Morgan fingerprint density at radius 3 is 2.00 bits per heavy atom. The molecule has 1 N–H and O–H groups in total. The molecule has 0 spiro atoms. The van der Waals surface area contributed by atoms with Crippen LogP contribution in [0.4, 0.5) is 10.5 Å². The highest BCUT2D eigenvalue weighted by molar-refractivity contribution is 5.85. The largest absolute Gasteiger partial charge is 0.437 e. The summed E-state index contributed by atoms with van der Waals surface area (Å²) in [4.78, 5) is 12.1. The van der Waals surface area contributed by atoms with Crippen LogP contribution in [0.3, 0.4) is 0 Å². The van der Waals surface area contributed by atoms with Crippen molar-refractivity contribution in [1.29, 1.82) is 0 Å². The standard InChI is InChI=1S/C22H19NO2/c1-2-21(19-11-7-4-8-12-19)25-22(24)23-20-15-13-18(14-16-20)17-9-5-3-6-10-17/h2-16,21H,1H2,(H,23,24)/t21-/m0/s1. The molecule has 0 saturated carbocycles. The summed E-state index contributed by atoms with van der Waals surface area (Å²) in [6.07, 6.45) is 0.610. The molecule has 0 aromatic heterocycles. The maximum atomic E-state index is 12.1. The van der Waals surface area contributed by atoms with Crippen LogP contribution in [0.15, 0.2) is 97.6 Å². The van der Waals surface area contributed by atoms with E-state index in [0.29, 0.717) is 5.69 Å². The quantitative estimate of drug-likeness (QED) is 0.598. The fraction of sp³-hybridized carbons (Fsp3) is 0.0455. The first-order valence-electron chi connectivity index (χ1n) is 8.07. The lowest BCUT2D eigenvalue weighted by atomic mass is 10.1. The van der Waals surface area contributed by atoms with Gasteiger partial charge in [0.25, 0.3) is 0 Å². The number of hydrogen-bond donors (Lipinski definition) is 1. The molecule has 0 heterocycles. The number of nitrogens with one attached hydrogen (secondary N) is 1. The lowest BCUT2D eigenvalue weighted by Crippen LogP contribution is -2.16. The van der Waals surface area contributed by atoms with Crippen LogP contribution in [-0.2, 0) is 4.74 Å². The first-order chi connectivity index (χ1) is 12.3. The Balaban J connectivity index is 1.64. The third-order valence-corrected chi connectivity index (χ3v) is 3.81. The van der Waals surface area contributed by atoms with Gasteiger partial charge < -0.3 is 4.74 Å². The van der Waals surface area contributed by atoms with Crippen molar-refractivity contribution >= 4 is 11.8 Å². The van der Waals surface area contributed by atoms with Crippen LogP contribution in [0.25, 0.3) is 11.1 Å². The second-order valence-corrected chi connectivity index (χ2v) is 5.54. The molecule has 0 aliphatic heterocycles. The lowest BCUT2D eigenvalue weighted by Gasteiger charge is -2.15. The molecule has 0 saturated heterocycles. The van der Waals surface area contributed by atoms with E-state index in [2.05, 4.69) is 11.9 Å². The lowest BCUT2D eigenvalue weighted by molar-refractivity contribution is 0.134. The molecule has 0 bridgehead atoms. The highest BCUT2D eigenvalue weighted by Gasteiger charge is 2.13. The summed E-state index contributed by atoms with van der Waals surface area (Å²) in [6.45, 7) is 3.74. The van der Waals surface area contributed by atoms with Gasteiger partial charge in [0.1, 0.15) is 6.10 Å². The van der Waals surface area contributed by atoms with E-state index in [4.69, 9.17) is 4.74 Å². The predicted octanol–water partition coefficient (Wildman–Crippen LogP) is 5.83. The number of ether oxygens (including phenoxy) is 1. The minimum absolute atomic E-state index is 0.482. The van der Waals surface area contributed by atoms with Crippen molar-refractivity contribution in [2.45, 2.75) is 6.10 Å². The Hall–Kier alpha value is -3.33. The SMILES string of the molecule is C=C[C@H](OC(=O)Nc1ccc(-c2ccccc2)cc1)c1ccccc1. The maximum Gasteiger partial charge on any atom is 0.412 e. The molecule has 25 heavy (non-hydrogen) atoms. The van der Waals surface area contributed by atoms with E-state index in [9.17, 15) is 4.79 Å². The van der Waals surface area contributed by atoms with Gasteiger partial charge in [-0.3, -0.25) is 5.32 Å².